The third kappa shape index (κ3) is 6.84. The van der Waals surface area contributed by atoms with E-state index in [2.05, 4.69) is 48.7 Å². The number of carboxylic acids is 1. The van der Waals surface area contributed by atoms with Crippen molar-refractivity contribution in [2.45, 2.75) is 58.4 Å². The zero-order valence-corrected chi connectivity index (χ0v) is 20.8. The lowest BCUT2D eigenvalue weighted by Crippen LogP contribution is -2.40. The Morgan fingerprint density at radius 2 is 1.57 bits per heavy atom. The maximum atomic E-state index is 12.4. The van der Waals surface area contributed by atoms with E-state index >= 15 is 0 Å². The summed E-state index contributed by atoms with van der Waals surface area (Å²) in [7, 11) is 0. The number of ether oxygens (including phenoxy) is 1. The summed E-state index contributed by atoms with van der Waals surface area (Å²) in [5.74, 6) is -0.705. The van der Waals surface area contributed by atoms with Gasteiger partial charge in [-0.15, -0.1) is 0 Å². The van der Waals surface area contributed by atoms with Gasteiger partial charge in [-0.1, -0.05) is 69.3 Å². The zero-order chi connectivity index (χ0) is 25.4. The standard InChI is InChI=1S/C28H36N2O5/c1-4-25(27(32)33)30-26(31)14-13-19(18(2)3)15-16-29-28(34)35-17-24-22-11-7-5-9-20(22)21-10-6-8-12-23(21)24/h5-12,18-19,24-25H,4,13-17H2,1-3H3,(H,29,34)(H,30,31)(H,32,33)/t19?,25-/m0/s1. The number of rotatable bonds is 12. The highest BCUT2D eigenvalue weighted by Gasteiger charge is 2.29. The smallest absolute Gasteiger partial charge is 0.407 e. The Hall–Kier alpha value is -3.35. The van der Waals surface area contributed by atoms with Crippen LogP contribution >= 0.6 is 0 Å². The third-order valence-corrected chi connectivity index (χ3v) is 6.85. The summed E-state index contributed by atoms with van der Waals surface area (Å²) < 4.78 is 5.59. The van der Waals surface area contributed by atoms with Crippen molar-refractivity contribution in [3.8, 4) is 11.1 Å². The Labute approximate surface area is 207 Å². The number of carbonyl (C=O) groups excluding carboxylic acids is 2. The summed E-state index contributed by atoms with van der Waals surface area (Å²) in [4.78, 5) is 35.7. The number of amides is 2. The second kappa shape index (κ2) is 12.4. The van der Waals surface area contributed by atoms with E-state index in [1.807, 2.05) is 24.3 Å². The van der Waals surface area contributed by atoms with Gasteiger partial charge in [-0.3, -0.25) is 4.79 Å². The number of alkyl carbamates (subject to hydrolysis) is 1. The number of hydrogen-bond donors (Lipinski definition) is 3. The second-order valence-corrected chi connectivity index (χ2v) is 9.45. The van der Waals surface area contributed by atoms with Gasteiger partial charge in [0.05, 0.1) is 0 Å². The van der Waals surface area contributed by atoms with Crippen LogP contribution in [0.25, 0.3) is 11.1 Å². The highest BCUT2D eigenvalue weighted by Crippen LogP contribution is 2.44. The first-order valence-electron chi connectivity index (χ1n) is 12.4. The van der Waals surface area contributed by atoms with E-state index in [0.29, 0.717) is 31.7 Å². The highest BCUT2D eigenvalue weighted by atomic mass is 16.5. The molecule has 2 amide bonds. The normalized spacial score (nSPS) is 14.1. The van der Waals surface area contributed by atoms with Gasteiger partial charge in [0.1, 0.15) is 12.6 Å². The first kappa shape index (κ1) is 26.3. The van der Waals surface area contributed by atoms with E-state index < -0.39 is 18.1 Å². The molecule has 2 aromatic rings. The summed E-state index contributed by atoms with van der Waals surface area (Å²) in [6, 6.07) is 15.6. The van der Waals surface area contributed by atoms with Gasteiger partial charge in [0.2, 0.25) is 5.91 Å². The van der Waals surface area contributed by atoms with Crippen molar-refractivity contribution < 1.29 is 24.2 Å². The molecule has 2 aromatic carbocycles. The first-order valence-corrected chi connectivity index (χ1v) is 12.4. The van der Waals surface area contributed by atoms with Crippen LogP contribution in [0.4, 0.5) is 4.79 Å². The lowest BCUT2D eigenvalue weighted by Gasteiger charge is -2.21. The third-order valence-electron chi connectivity index (χ3n) is 6.85. The lowest BCUT2D eigenvalue weighted by molar-refractivity contribution is -0.141. The van der Waals surface area contributed by atoms with Crippen LogP contribution in [0.5, 0.6) is 0 Å². The molecule has 3 rings (SSSR count). The fourth-order valence-electron chi connectivity index (χ4n) is 4.74. The van der Waals surface area contributed by atoms with Crippen LogP contribution in [0.15, 0.2) is 48.5 Å². The topological polar surface area (TPSA) is 105 Å². The van der Waals surface area contributed by atoms with Gasteiger partial charge < -0.3 is 20.5 Å². The van der Waals surface area contributed by atoms with Gasteiger partial charge in [0, 0.05) is 18.9 Å². The van der Waals surface area contributed by atoms with E-state index in [4.69, 9.17) is 9.84 Å². The first-order chi connectivity index (χ1) is 16.8. The molecular weight excluding hydrogens is 444 g/mol. The average Bonchev–Trinajstić information content (AvgIpc) is 3.16. The Morgan fingerprint density at radius 1 is 0.971 bits per heavy atom. The molecule has 0 fully saturated rings. The van der Waals surface area contributed by atoms with Gasteiger partial charge in [-0.2, -0.15) is 0 Å². The van der Waals surface area contributed by atoms with Gasteiger partial charge in [0.25, 0.3) is 0 Å². The van der Waals surface area contributed by atoms with E-state index in [0.717, 1.165) is 0 Å². The van der Waals surface area contributed by atoms with Crippen LogP contribution in [-0.4, -0.2) is 42.3 Å². The monoisotopic (exact) mass is 480 g/mol. The largest absolute Gasteiger partial charge is 0.480 e. The Kier molecular flexibility index (Phi) is 9.29. The maximum absolute atomic E-state index is 12.4. The minimum absolute atomic E-state index is 0.0211. The number of aliphatic carboxylic acids is 1. The minimum atomic E-state index is -1.02. The summed E-state index contributed by atoms with van der Waals surface area (Å²) in [5, 5.41) is 14.5. The summed E-state index contributed by atoms with van der Waals surface area (Å²) >= 11 is 0. The van der Waals surface area contributed by atoms with E-state index in [9.17, 15) is 14.4 Å². The molecule has 188 valence electrons. The van der Waals surface area contributed by atoms with Crippen molar-refractivity contribution in [2.75, 3.05) is 13.2 Å². The molecule has 0 saturated carbocycles. The van der Waals surface area contributed by atoms with Crippen molar-refractivity contribution in [3.05, 3.63) is 59.7 Å². The predicted octanol–water partition coefficient (Wildman–Crippen LogP) is 4.95. The predicted molar refractivity (Wildman–Crippen MR) is 135 cm³/mol. The molecule has 0 saturated heterocycles. The Morgan fingerprint density at radius 3 is 2.11 bits per heavy atom. The molecule has 0 bridgehead atoms. The number of carbonyl (C=O) groups is 3. The van der Waals surface area contributed by atoms with Gasteiger partial charge in [0.15, 0.2) is 0 Å². The number of hydrogen-bond acceptors (Lipinski definition) is 4. The van der Waals surface area contributed by atoms with Crippen molar-refractivity contribution in [3.63, 3.8) is 0 Å². The Balaban J connectivity index is 1.44. The molecule has 3 N–H and O–H groups in total. The molecule has 1 unspecified atom stereocenters. The van der Waals surface area contributed by atoms with Crippen LogP contribution in [-0.2, 0) is 14.3 Å². The molecule has 1 aliphatic rings. The van der Waals surface area contributed by atoms with Crippen LogP contribution in [0.3, 0.4) is 0 Å². The van der Waals surface area contributed by atoms with E-state index in [1.54, 1.807) is 6.92 Å². The quantitative estimate of drug-likeness (QED) is 0.399. The van der Waals surface area contributed by atoms with Crippen LogP contribution in [0.2, 0.25) is 0 Å². The second-order valence-electron chi connectivity index (χ2n) is 9.45. The van der Waals surface area contributed by atoms with Gasteiger partial charge in [-0.25, -0.2) is 9.59 Å². The highest BCUT2D eigenvalue weighted by molar-refractivity contribution is 5.83. The molecule has 7 heteroatoms. The molecule has 0 radical (unpaired) electrons. The Bertz CT molecular complexity index is 990. The molecule has 0 heterocycles. The fourth-order valence-corrected chi connectivity index (χ4v) is 4.74. The summed E-state index contributed by atoms with van der Waals surface area (Å²) in [6.07, 6.45) is 1.51. The average molecular weight is 481 g/mol. The number of fused-ring (bicyclic) bond motifs is 3. The zero-order valence-electron chi connectivity index (χ0n) is 20.8. The molecule has 7 nitrogen and oxygen atoms in total. The molecular formula is C28H36N2O5. The van der Waals surface area contributed by atoms with E-state index in [-0.39, 0.29) is 30.8 Å². The molecule has 0 spiro atoms. The summed E-state index contributed by atoms with van der Waals surface area (Å²) in [5.41, 5.74) is 4.73. The van der Waals surface area contributed by atoms with Crippen molar-refractivity contribution in [1.29, 1.82) is 0 Å². The SMILES string of the molecule is CC[C@H](NC(=O)CCC(CCNC(=O)OCC1c2ccccc2-c2ccccc21)C(C)C)C(=O)O. The summed E-state index contributed by atoms with van der Waals surface area (Å²) in [6.45, 7) is 6.62. The van der Waals surface area contributed by atoms with Crippen LogP contribution < -0.4 is 10.6 Å². The number of carboxylic acid groups (broad SMARTS) is 1. The number of benzene rings is 2. The minimum Gasteiger partial charge on any atom is -0.480 e. The molecule has 0 aromatic heterocycles. The van der Waals surface area contributed by atoms with E-state index in [1.165, 1.54) is 22.3 Å². The number of nitrogens with one attached hydrogen (secondary N) is 2. The molecule has 35 heavy (non-hydrogen) atoms. The molecule has 1 aliphatic carbocycles. The fraction of sp³-hybridized carbons (Fsp3) is 0.464. The molecule has 0 aliphatic heterocycles. The van der Waals surface area contributed by atoms with Gasteiger partial charge >= 0.3 is 12.1 Å². The van der Waals surface area contributed by atoms with Crippen LogP contribution in [0, 0.1) is 11.8 Å². The maximum Gasteiger partial charge on any atom is 0.407 e. The lowest BCUT2D eigenvalue weighted by atomic mass is 9.88. The molecule has 2 atom stereocenters. The van der Waals surface area contributed by atoms with Crippen molar-refractivity contribution >= 4 is 18.0 Å². The van der Waals surface area contributed by atoms with Crippen LogP contribution in [0.1, 0.15) is 63.5 Å². The van der Waals surface area contributed by atoms with Crippen molar-refractivity contribution in [2.24, 2.45) is 11.8 Å². The van der Waals surface area contributed by atoms with Gasteiger partial charge in [-0.05, 0) is 53.4 Å². The van der Waals surface area contributed by atoms with Crippen molar-refractivity contribution in [1.82, 2.24) is 10.6 Å².